The molecule has 1 aromatic carbocycles. The molecule has 0 saturated heterocycles. The minimum atomic E-state index is -3.66. The quantitative estimate of drug-likeness (QED) is 0.731. The zero-order valence-electron chi connectivity index (χ0n) is 10.1. The predicted molar refractivity (Wildman–Crippen MR) is 69.7 cm³/mol. The number of H-pyrrole nitrogens is 1. The standard InChI is InChI=1S/C11H14N4O2S/c1-7-3-4-9(12)5-10(7)18(16,17)15-11-8(2)6-13-14-11/h3-6H,12H2,1-2H3,(H2,13,14,15). The molecule has 6 nitrogen and oxygen atoms in total. The van der Waals surface area contributed by atoms with Crippen LogP contribution in [0.4, 0.5) is 11.5 Å². The highest BCUT2D eigenvalue weighted by atomic mass is 32.2. The molecule has 0 atom stereocenters. The van der Waals surface area contributed by atoms with Crippen LogP contribution >= 0.6 is 0 Å². The number of nitrogens with zero attached hydrogens (tertiary/aromatic N) is 1. The smallest absolute Gasteiger partial charge is 0.263 e. The van der Waals surface area contributed by atoms with E-state index < -0.39 is 10.0 Å². The molecule has 0 fully saturated rings. The van der Waals surface area contributed by atoms with Crippen LogP contribution in [-0.4, -0.2) is 18.6 Å². The van der Waals surface area contributed by atoms with Gasteiger partial charge in [0.25, 0.3) is 10.0 Å². The highest BCUT2D eigenvalue weighted by Crippen LogP contribution is 2.21. The fraction of sp³-hybridized carbons (Fsp3) is 0.182. The fourth-order valence-electron chi connectivity index (χ4n) is 1.55. The molecule has 18 heavy (non-hydrogen) atoms. The molecule has 0 saturated carbocycles. The number of sulfonamides is 1. The predicted octanol–water partition coefficient (Wildman–Crippen LogP) is 1.41. The van der Waals surface area contributed by atoms with Crippen molar-refractivity contribution in [1.29, 1.82) is 0 Å². The van der Waals surface area contributed by atoms with Crippen molar-refractivity contribution in [2.24, 2.45) is 0 Å². The number of hydrogen-bond donors (Lipinski definition) is 3. The number of rotatable bonds is 3. The van der Waals surface area contributed by atoms with Gasteiger partial charge in [-0.25, -0.2) is 8.42 Å². The van der Waals surface area contributed by atoms with E-state index in [1.807, 2.05) is 0 Å². The van der Waals surface area contributed by atoms with Crippen LogP contribution in [0.5, 0.6) is 0 Å². The van der Waals surface area contributed by atoms with Crippen molar-refractivity contribution in [3.8, 4) is 0 Å². The SMILES string of the molecule is Cc1ccc(N)cc1S(=O)(=O)Nc1[nH]ncc1C. The van der Waals surface area contributed by atoms with E-state index in [9.17, 15) is 8.42 Å². The Hall–Kier alpha value is -2.02. The lowest BCUT2D eigenvalue weighted by molar-refractivity contribution is 0.600. The third kappa shape index (κ3) is 2.30. The number of nitrogens with two attached hydrogens (primary N) is 1. The zero-order chi connectivity index (χ0) is 13.3. The Labute approximate surface area is 105 Å². The van der Waals surface area contributed by atoms with Crippen LogP contribution in [0.1, 0.15) is 11.1 Å². The van der Waals surface area contributed by atoms with Crippen LogP contribution in [-0.2, 0) is 10.0 Å². The number of aryl methyl sites for hydroxylation is 2. The molecule has 1 heterocycles. The van der Waals surface area contributed by atoms with Gasteiger partial charge in [-0.2, -0.15) is 5.10 Å². The highest BCUT2D eigenvalue weighted by molar-refractivity contribution is 7.92. The Morgan fingerprint density at radius 1 is 1.28 bits per heavy atom. The summed E-state index contributed by atoms with van der Waals surface area (Å²) in [6.45, 7) is 3.47. The second-order valence-corrected chi connectivity index (χ2v) is 5.71. The van der Waals surface area contributed by atoms with Gasteiger partial charge in [-0.05, 0) is 31.5 Å². The summed E-state index contributed by atoms with van der Waals surface area (Å²) in [6.07, 6.45) is 1.55. The van der Waals surface area contributed by atoms with Gasteiger partial charge in [0.1, 0.15) is 5.82 Å². The Bertz CT molecular complexity index is 676. The third-order valence-corrected chi connectivity index (χ3v) is 4.06. The van der Waals surface area contributed by atoms with Crippen LogP contribution in [0.25, 0.3) is 0 Å². The van der Waals surface area contributed by atoms with Gasteiger partial charge < -0.3 is 5.73 Å². The van der Waals surface area contributed by atoms with Crippen molar-refractivity contribution in [3.05, 3.63) is 35.5 Å². The lowest BCUT2D eigenvalue weighted by Crippen LogP contribution is -2.15. The van der Waals surface area contributed by atoms with Gasteiger partial charge in [0.05, 0.1) is 11.1 Å². The molecule has 0 spiro atoms. The van der Waals surface area contributed by atoms with Crippen LogP contribution in [0.15, 0.2) is 29.3 Å². The van der Waals surface area contributed by atoms with Crippen molar-refractivity contribution >= 4 is 21.5 Å². The lowest BCUT2D eigenvalue weighted by atomic mass is 10.2. The minimum absolute atomic E-state index is 0.163. The van der Waals surface area contributed by atoms with Crippen LogP contribution in [0.2, 0.25) is 0 Å². The highest BCUT2D eigenvalue weighted by Gasteiger charge is 2.18. The summed E-state index contributed by atoms with van der Waals surface area (Å²) in [7, 11) is -3.66. The summed E-state index contributed by atoms with van der Waals surface area (Å²) in [5, 5.41) is 6.36. The first kappa shape index (κ1) is 12.4. The molecule has 0 amide bonds. The molecule has 96 valence electrons. The topological polar surface area (TPSA) is 101 Å². The van der Waals surface area contributed by atoms with E-state index in [0.29, 0.717) is 17.1 Å². The van der Waals surface area contributed by atoms with Crippen molar-refractivity contribution in [1.82, 2.24) is 10.2 Å². The van der Waals surface area contributed by atoms with Gasteiger partial charge in [0.2, 0.25) is 0 Å². The first-order valence-corrected chi connectivity index (χ1v) is 6.77. The van der Waals surface area contributed by atoms with Crippen LogP contribution in [0.3, 0.4) is 0 Å². The summed E-state index contributed by atoms with van der Waals surface area (Å²) in [4.78, 5) is 0.163. The van der Waals surface area contributed by atoms with Crippen LogP contribution in [0, 0.1) is 13.8 Å². The zero-order valence-corrected chi connectivity index (χ0v) is 10.9. The van der Waals surface area contributed by atoms with E-state index in [4.69, 9.17) is 5.73 Å². The van der Waals surface area contributed by atoms with Gasteiger partial charge in [-0.15, -0.1) is 0 Å². The molecule has 0 radical (unpaired) electrons. The number of nitrogens with one attached hydrogen (secondary N) is 2. The van der Waals surface area contributed by atoms with E-state index in [-0.39, 0.29) is 4.90 Å². The number of aromatic nitrogens is 2. The lowest BCUT2D eigenvalue weighted by Gasteiger charge is -2.10. The second-order valence-electron chi connectivity index (χ2n) is 4.06. The average molecular weight is 266 g/mol. The largest absolute Gasteiger partial charge is 0.399 e. The molecule has 1 aromatic heterocycles. The molecule has 0 aliphatic rings. The van der Waals surface area contributed by atoms with Crippen molar-refractivity contribution in [2.45, 2.75) is 18.7 Å². The van der Waals surface area contributed by atoms with Crippen molar-refractivity contribution in [3.63, 3.8) is 0 Å². The number of benzene rings is 1. The fourth-order valence-corrected chi connectivity index (χ4v) is 2.91. The van der Waals surface area contributed by atoms with Gasteiger partial charge in [0.15, 0.2) is 0 Å². The maximum atomic E-state index is 12.2. The van der Waals surface area contributed by atoms with Crippen molar-refractivity contribution in [2.75, 3.05) is 10.5 Å². The molecule has 4 N–H and O–H groups in total. The van der Waals surface area contributed by atoms with E-state index in [0.717, 1.165) is 5.56 Å². The summed E-state index contributed by atoms with van der Waals surface area (Å²) < 4.78 is 26.9. The Kier molecular flexibility index (Phi) is 3.00. The molecular weight excluding hydrogens is 252 g/mol. The van der Waals surface area contributed by atoms with Gasteiger partial charge in [-0.1, -0.05) is 6.07 Å². The van der Waals surface area contributed by atoms with Crippen molar-refractivity contribution < 1.29 is 8.42 Å². The second kappa shape index (κ2) is 4.34. The van der Waals surface area contributed by atoms with E-state index in [2.05, 4.69) is 14.9 Å². The van der Waals surface area contributed by atoms with Gasteiger partial charge in [-0.3, -0.25) is 9.82 Å². The Morgan fingerprint density at radius 3 is 2.61 bits per heavy atom. The molecule has 7 heteroatoms. The summed E-state index contributed by atoms with van der Waals surface area (Å²) in [6, 6.07) is 4.77. The maximum absolute atomic E-state index is 12.2. The maximum Gasteiger partial charge on any atom is 0.263 e. The first-order chi connectivity index (χ1) is 8.40. The minimum Gasteiger partial charge on any atom is -0.399 e. The molecule has 0 aliphatic carbocycles. The van der Waals surface area contributed by atoms with Crippen LogP contribution < -0.4 is 10.5 Å². The average Bonchev–Trinajstić information content (AvgIpc) is 2.67. The molecular formula is C11H14N4O2S. The van der Waals surface area contributed by atoms with E-state index in [1.54, 1.807) is 32.2 Å². The molecule has 2 aromatic rings. The number of aromatic amines is 1. The molecule has 2 rings (SSSR count). The summed E-state index contributed by atoms with van der Waals surface area (Å²) in [5.41, 5.74) is 7.38. The number of anilines is 2. The van der Waals surface area contributed by atoms with E-state index in [1.165, 1.54) is 6.07 Å². The molecule has 0 unspecified atom stereocenters. The summed E-state index contributed by atoms with van der Waals surface area (Å²) in [5.74, 6) is 0.358. The first-order valence-electron chi connectivity index (χ1n) is 5.29. The number of nitrogen functional groups attached to an aromatic ring is 1. The number of hydrogen-bond acceptors (Lipinski definition) is 4. The Morgan fingerprint density at radius 2 is 2.00 bits per heavy atom. The van der Waals surface area contributed by atoms with Gasteiger partial charge in [0, 0.05) is 11.3 Å². The normalized spacial score (nSPS) is 11.4. The van der Waals surface area contributed by atoms with E-state index >= 15 is 0 Å². The molecule has 0 aliphatic heterocycles. The monoisotopic (exact) mass is 266 g/mol. The Balaban J connectivity index is 2.43. The summed E-state index contributed by atoms with van der Waals surface area (Å²) >= 11 is 0. The van der Waals surface area contributed by atoms with Gasteiger partial charge >= 0.3 is 0 Å². The third-order valence-electron chi connectivity index (χ3n) is 2.57. The molecule has 0 bridgehead atoms.